The average molecular weight is 263 g/mol. The predicted molar refractivity (Wildman–Crippen MR) is 71.8 cm³/mol. The van der Waals surface area contributed by atoms with Crippen LogP contribution in [0.3, 0.4) is 0 Å². The van der Waals surface area contributed by atoms with Gasteiger partial charge in [0.15, 0.2) is 11.6 Å². The number of hydrogen-bond donors (Lipinski definition) is 2. The molecule has 1 rings (SSSR count). The van der Waals surface area contributed by atoms with Crippen molar-refractivity contribution < 1.29 is 14.4 Å². The lowest BCUT2D eigenvalue weighted by Gasteiger charge is -2.11. The number of hydrogen-bond acceptors (Lipinski definition) is 4. The Kier molecular flexibility index (Phi) is 5.17. The van der Waals surface area contributed by atoms with Gasteiger partial charge in [0.1, 0.15) is 5.82 Å². The van der Waals surface area contributed by atoms with E-state index in [0.29, 0.717) is 11.3 Å². The first-order valence-electron chi connectivity index (χ1n) is 5.90. The van der Waals surface area contributed by atoms with Crippen LogP contribution in [-0.4, -0.2) is 29.9 Å². The molecule has 0 saturated carbocycles. The highest BCUT2D eigenvalue weighted by Crippen LogP contribution is 2.05. The molecule has 1 aliphatic heterocycles. The maximum absolute atomic E-state index is 11.5. The van der Waals surface area contributed by atoms with Gasteiger partial charge in [-0.2, -0.15) is 0 Å². The SMILES string of the molecule is C=C(C)C(=O)CCNC(=O)NC1=CC(=O)CC(C)=N1. The summed E-state index contributed by atoms with van der Waals surface area (Å²) in [6, 6.07) is -0.494. The Morgan fingerprint density at radius 3 is 2.74 bits per heavy atom. The normalized spacial score (nSPS) is 14.3. The fourth-order valence-electron chi connectivity index (χ4n) is 1.46. The Morgan fingerprint density at radius 2 is 2.16 bits per heavy atom. The molecule has 6 heteroatoms. The van der Waals surface area contributed by atoms with E-state index in [0.717, 1.165) is 0 Å². The Balaban J connectivity index is 2.38. The highest BCUT2D eigenvalue weighted by molar-refractivity contribution is 6.08. The maximum atomic E-state index is 11.5. The fourth-order valence-corrected chi connectivity index (χ4v) is 1.46. The third-order valence-corrected chi connectivity index (χ3v) is 2.39. The van der Waals surface area contributed by atoms with Crippen molar-refractivity contribution in [2.75, 3.05) is 6.54 Å². The highest BCUT2D eigenvalue weighted by atomic mass is 16.2. The van der Waals surface area contributed by atoms with Crippen LogP contribution in [0.25, 0.3) is 0 Å². The van der Waals surface area contributed by atoms with E-state index >= 15 is 0 Å². The molecule has 0 bridgehead atoms. The summed E-state index contributed by atoms with van der Waals surface area (Å²) < 4.78 is 0. The van der Waals surface area contributed by atoms with Gasteiger partial charge in [-0.05, 0) is 19.4 Å². The lowest BCUT2D eigenvalue weighted by atomic mass is 10.1. The van der Waals surface area contributed by atoms with Crippen LogP contribution in [-0.2, 0) is 9.59 Å². The first-order chi connectivity index (χ1) is 8.88. The van der Waals surface area contributed by atoms with E-state index in [-0.39, 0.29) is 36.8 Å². The van der Waals surface area contributed by atoms with Crippen LogP contribution in [0.4, 0.5) is 4.79 Å². The van der Waals surface area contributed by atoms with Gasteiger partial charge >= 0.3 is 6.03 Å². The number of allylic oxidation sites excluding steroid dienone is 2. The summed E-state index contributed by atoms with van der Waals surface area (Å²) in [5, 5.41) is 4.96. The molecule has 0 fully saturated rings. The fraction of sp³-hybridized carbons (Fsp3) is 0.385. The third-order valence-electron chi connectivity index (χ3n) is 2.39. The first-order valence-corrected chi connectivity index (χ1v) is 5.90. The third kappa shape index (κ3) is 5.29. The van der Waals surface area contributed by atoms with Gasteiger partial charge in [-0.25, -0.2) is 9.79 Å². The highest BCUT2D eigenvalue weighted by Gasteiger charge is 2.12. The summed E-state index contributed by atoms with van der Waals surface area (Å²) in [7, 11) is 0. The average Bonchev–Trinajstić information content (AvgIpc) is 2.26. The minimum atomic E-state index is -0.494. The number of nitrogens with zero attached hydrogens (tertiary/aromatic N) is 1. The van der Waals surface area contributed by atoms with Gasteiger partial charge < -0.3 is 5.32 Å². The zero-order chi connectivity index (χ0) is 14.4. The molecule has 19 heavy (non-hydrogen) atoms. The minimum absolute atomic E-state index is 0.0961. The second-order valence-electron chi connectivity index (χ2n) is 4.35. The van der Waals surface area contributed by atoms with Gasteiger partial charge in [-0.15, -0.1) is 0 Å². The van der Waals surface area contributed by atoms with Gasteiger partial charge in [0.2, 0.25) is 0 Å². The number of rotatable bonds is 5. The largest absolute Gasteiger partial charge is 0.337 e. The van der Waals surface area contributed by atoms with Crippen LogP contribution >= 0.6 is 0 Å². The van der Waals surface area contributed by atoms with Crippen LogP contribution < -0.4 is 10.6 Å². The number of amides is 2. The van der Waals surface area contributed by atoms with Crippen molar-refractivity contribution in [1.82, 2.24) is 10.6 Å². The van der Waals surface area contributed by atoms with Crippen LogP contribution in [0.1, 0.15) is 26.7 Å². The summed E-state index contributed by atoms with van der Waals surface area (Å²) in [6.07, 6.45) is 1.76. The van der Waals surface area contributed by atoms with Gasteiger partial charge in [-0.3, -0.25) is 14.9 Å². The molecule has 0 aliphatic carbocycles. The second-order valence-corrected chi connectivity index (χ2v) is 4.35. The van der Waals surface area contributed by atoms with Crippen molar-refractivity contribution in [2.24, 2.45) is 4.99 Å². The maximum Gasteiger partial charge on any atom is 0.320 e. The first kappa shape index (κ1) is 14.8. The van der Waals surface area contributed by atoms with Crippen molar-refractivity contribution in [1.29, 1.82) is 0 Å². The van der Waals surface area contributed by atoms with Crippen molar-refractivity contribution >= 4 is 23.3 Å². The van der Waals surface area contributed by atoms with Gasteiger partial charge in [-0.1, -0.05) is 6.58 Å². The van der Waals surface area contributed by atoms with E-state index in [1.807, 2.05) is 0 Å². The Labute approximate surface area is 111 Å². The quantitative estimate of drug-likeness (QED) is 0.728. The molecule has 1 heterocycles. The number of urea groups is 1. The molecule has 2 amide bonds. The molecule has 2 N–H and O–H groups in total. The number of carbonyl (C=O) groups is 3. The molecule has 6 nitrogen and oxygen atoms in total. The van der Waals surface area contributed by atoms with Crippen molar-refractivity contribution in [3.63, 3.8) is 0 Å². The van der Waals surface area contributed by atoms with Crippen molar-refractivity contribution in [3.05, 3.63) is 24.0 Å². The van der Waals surface area contributed by atoms with E-state index in [1.165, 1.54) is 6.08 Å². The molecule has 1 aliphatic rings. The molecule has 0 aromatic rings. The van der Waals surface area contributed by atoms with Crippen molar-refractivity contribution in [3.8, 4) is 0 Å². The van der Waals surface area contributed by atoms with E-state index < -0.39 is 6.03 Å². The monoisotopic (exact) mass is 263 g/mol. The standard InChI is InChI=1S/C13H17N3O3/c1-8(2)11(18)4-5-14-13(19)16-12-7-10(17)6-9(3)15-12/h7H,1,4-6H2,2-3H3,(H2,14,16,19). The molecule has 102 valence electrons. The molecule has 0 aromatic carbocycles. The molecule has 0 atom stereocenters. The van der Waals surface area contributed by atoms with E-state index in [9.17, 15) is 14.4 Å². The lowest BCUT2D eigenvalue weighted by molar-refractivity contribution is -0.115. The smallest absolute Gasteiger partial charge is 0.320 e. The number of carbonyl (C=O) groups excluding carboxylic acids is 3. The van der Waals surface area contributed by atoms with E-state index in [1.54, 1.807) is 13.8 Å². The summed E-state index contributed by atoms with van der Waals surface area (Å²) in [5.74, 6) is 0.0268. The Bertz CT molecular complexity index is 489. The van der Waals surface area contributed by atoms with Crippen LogP contribution in [0.15, 0.2) is 29.0 Å². The number of aliphatic imine (C=N–C) groups is 1. The lowest BCUT2D eigenvalue weighted by Crippen LogP contribution is -2.36. The summed E-state index contributed by atoms with van der Waals surface area (Å²) in [6.45, 7) is 7.07. The number of ketones is 2. The second kappa shape index (κ2) is 6.63. The summed E-state index contributed by atoms with van der Waals surface area (Å²) in [5.41, 5.74) is 1.11. The molecule has 0 spiro atoms. The molecule has 0 saturated heterocycles. The Hall–Kier alpha value is -2.24. The van der Waals surface area contributed by atoms with Crippen molar-refractivity contribution in [2.45, 2.75) is 26.7 Å². The number of Topliss-reactive ketones (excluding diaryl/α,β-unsaturated/α-hetero) is 1. The molecular weight excluding hydrogens is 246 g/mol. The zero-order valence-corrected chi connectivity index (χ0v) is 11.1. The number of nitrogens with one attached hydrogen (secondary N) is 2. The topological polar surface area (TPSA) is 87.6 Å². The molecular formula is C13H17N3O3. The molecule has 0 aromatic heterocycles. The van der Waals surface area contributed by atoms with Crippen LogP contribution in [0, 0.1) is 0 Å². The van der Waals surface area contributed by atoms with Gasteiger partial charge in [0.05, 0.1) is 0 Å². The Morgan fingerprint density at radius 1 is 1.47 bits per heavy atom. The minimum Gasteiger partial charge on any atom is -0.337 e. The van der Waals surface area contributed by atoms with Crippen LogP contribution in [0.5, 0.6) is 0 Å². The van der Waals surface area contributed by atoms with E-state index in [2.05, 4.69) is 22.2 Å². The predicted octanol–water partition coefficient (Wildman–Crippen LogP) is 1.10. The van der Waals surface area contributed by atoms with E-state index in [4.69, 9.17) is 0 Å². The molecule has 0 unspecified atom stereocenters. The van der Waals surface area contributed by atoms with Crippen LogP contribution in [0.2, 0.25) is 0 Å². The summed E-state index contributed by atoms with van der Waals surface area (Å²) >= 11 is 0. The van der Waals surface area contributed by atoms with Gasteiger partial charge in [0.25, 0.3) is 0 Å². The zero-order valence-electron chi connectivity index (χ0n) is 11.1. The summed E-state index contributed by atoms with van der Waals surface area (Å²) in [4.78, 5) is 38.1. The van der Waals surface area contributed by atoms with Gasteiger partial charge in [0, 0.05) is 31.2 Å². The molecule has 0 radical (unpaired) electrons.